The fourth-order valence-corrected chi connectivity index (χ4v) is 5.72. The summed E-state index contributed by atoms with van der Waals surface area (Å²) in [6, 6.07) is 0. The number of rotatable bonds is 5. The van der Waals surface area contributed by atoms with E-state index in [-0.39, 0.29) is 22.3 Å². The molecule has 0 aromatic heterocycles. The van der Waals surface area contributed by atoms with Gasteiger partial charge in [0, 0.05) is 5.88 Å². The Kier molecular flexibility index (Phi) is 7.66. The number of alkyl halides is 1. The molecule has 25 heavy (non-hydrogen) atoms. The molecule has 0 aromatic carbocycles. The molecular weight excluding hydrogens is 364 g/mol. The highest BCUT2D eigenvalue weighted by Gasteiger charge is 2.43. The Hall–Kier alpha value is 0.384. The predicted octanol–water partition coefficient (Wildman–Crippen LogP) is 7.12. The lowest BCUT2D eigenvalue weighted by atomic mass is 9.90. The summed E-state index contributed by atoms with van der Waals surface area (Å²) in [5, 5.41) is 0.465. The maximum Gasteiger partial charge on any atom is 0.192 e. The van der Waals surface area contributed by atoms with Gasteiger partial charge in [0.2, 0.25) is 0 Å². The minimum atomic E-state index is -1.77. The molecule has 1 rings (SSSR count). The molecule has 0 bridgehead atoms. The first-order valence-corrected chi connectivity index (χ1v) is 16.0. The SMILES string of the molecule is CC(C)(C)[Si](C)(C)O[C@@H]1CC(=CCCl)C[C@@H](O[Si](C)(C)C(C)(C)C)C1. The predicted molar refractivity (Wildman–Crippen MR) is 117 cm³/mol. The normalized spacial score (nSPS) is 23.7. The third-order valence-electron chi connectivity index (χ3n) is 6.41. The number of halogens is 1. The number of hydrogen-bond donors (Lipinski definition) is 0. The third kappa shape index (κ3) is 6.49. The van der Waals surface area contributed by atoms with Crippen LogP contribution in [-0.4, -0.2) is 34.7 Å². The first kappa shape index (κ1) is 23.4. The van der Waals surface area contributed by atoms with Gasteiger partial charge in [-0.05, 0) is 55.5 Å². The molecule has 1 aliphatic carbocycles. The van der Waals surface area contributed by atoms with Crippen molar-refractivity contribution in [2.45, 2.75) is 109 Å². The molecule has 0 heterocycles. The van der Waals surface area contributed by atoms with Gasteiger partial charge in [0.25, 0.3) is 0 Å². The topological polar surface area (TPSA) is 18.5 Å². The quantitative estimate of drug-likeness (QED) is 0.276. The van der Waals surface area contributed by atoms with Crippen LogP contribution in [0.25, 0.3) is 0 Å². The van der Waals surface area contributed by atoms with Crippen LogP contribution >= 0.6 is 11.6 Å². The molecule has 0 aliphatic heterocycles. The van der Waals surface area contributed by atoms with Gasteiger partial charge < -0.3 is 8.85 Å². The van der Waals surface area contributed by atoms with Crippen molar-refractivity contribution < 1.29 is 8.85 Å². The highest BCUT2D eigenvalue weighted by atomic mass is 35.5. The van der Waals surface area contributed by atoms with Crippen molar-refractivity contribution in [1.29, 1.82) is 0 Å². The van der Waals surface area contributed by atoms with Crippen molar-refractivity contribution in [3.05, 3.63) is 11.6 Å². The molecule has 0 spiro atoms. The number of allylic oxidation sites excluding steroid dienone is 1. The minimum absolute atomic E-state index is 0.233. The lowest BCUT2D eigenvalue weighted by Crippen LogP contribution is -2.48. The van der Waals surface area contributed by atoms with Gasteiger partial charge >= 0.3 is 0 Å². The molecule has 2 atom stereocenters. The highest BCUT2D eigenvalue weighted by Crippen LogP contribution is 2.42. The summed E-state index contributed by atoms with van der Waals surface area (Å²) in [5.74, 6) is 0.578. The first-order chi connectivity index (χ1) is 11.1. The minimum Gasteiger partial charge on any atom is -0.414 e. The van der Waals surface area contributed by atoms with Gasteiger partial charge in [0.1, 0.15) is 0 Å². The molecule has 0 N–H and O–H groups in total. The molecule has 1 fully saturated rings. The standard InChI is InChI=1S/C20H41ClO2Si2/c1-19(2,3)24(7,8)22-17-13-16(11-12-21)14-18(15-17)23-25(9,10)20(4,5)6/h11,17-18H,12-15H2,1-10H3/t17-,18-/m1/s1. The molecular formula is C20H41ClO2Si2. The van der Waals surface area contributed by atoms with Crippen LogP contribution in [0.2, 0.25) is 36.3 Å². The lowest BCUT2D eigenvalue weighted by molar-refractivity contribution is 0.0725. The van der Waals surface area contributed by atoms with Gasteiger partial charge in [-0.15, -0.1) is 11.6 Å². The third-order valence-corrected chi connectivity index (χ3v) is 15.6. The van der Waals surface area contributed by atoms with Crippen LogP contribution in [-0.2, 0) is 8.85 Å². The van der Waals surface area contributed by atoms with E-state index in [9.17, 15) is 0 Å². The Labute approximate surface area is 164 Å². The molecule has 5 heteroatoms. The molecule has 1 aliphatic rings. The van der Waals surface area contributed by atoms with Crippen LogP contribution in [0, 0.1) is 0 Å². The van der Waals surface area contributed by atoms with Crippen LogP contribution in [0.5, 0.6) is 0 Å². The van der Waals surface area contributed by atoms with Gasteiger partial charge in [0.05, 0.1) is 12.2 Å². The fourth-order valence-electron chi connectivity index (χ4n) is 2.77. The van der Waals surface area contributed by atoms with E-state index in [4.69, 9.17) is 20.5 Å². The second-order valence-corrected chi connectivity index (χ2v) is 20.5. The second kappa shape index (κ2) is 8.18. The largest absolute Gasteiger partial charge is 0.414 e. The fraction of sp³-hybridized carbons (Fsp3) is 0.900. The molecule has 2 nitrogen and oxygen atoms in total. The van der Waals surface area contributed by atoms with Gasteiger partial charge in [-0.2, -0.15) is 0 Å². The summed E-state index contributed by atoms with van der Waals surface area (Å²) in [5.41, 5.74) is 1.41. The van der Waals surface area contributed by atoms with Crippen molar-refractivity contribution in [3.63, 3.8) is 0 Å². The summed E-state index contributed by atoms with van der Waals surface area (Å²) in [7, 11) is -3.55. The lowest BCUT2D eigenvalue weighted by Gasteiger charge is -2.45. The van der Waals surface area contributed by atoms with Crippen LogP contribution in [0.4, 0.5) is 0 Å². The maximum atomic E-state index is 6.74. The van der Waals surface area contributed by atoms with E-state index in [1.165, 1.54) is 5.57 Å². The molecule has 0 saturated heterocycles. The molecule has 148 valence electrons. The van der Waals surface area contributed by atoms with E-state index in [2.05, 4.69) is 73.8 Å². The van der Waals surface area contributed by atoms with Gasteiger partial charge in [0.15, 0.2) is 16.6 Å². The Bertz CT molecular complexity index is 435. The first-order valence-electron chi connectivity index (χ1n) is 9.68. The maximum absolute atomic E-state index is 6.74. The average Bonchev–Trinajstić information content (AvgIpc) is 2.34. The average molecular weight is 405 g/mol. The smallest absolute Gasteiger partial charge is 0.192 e. The summed E-state index contributed by atoms with van der Waals surface area (Å²) >= 11 is 6.00. The van der Waals surface area contributed by atoms with Crippen LogP contribution in [0.1, 0.15) is 60.8 Å². The second-order valence-electron chi connectivity index (χ2n) is 10.7. The van der Waals surface area contributed by atoms with E-state index >= 15 is 0 Å². The molecule has 0 unspecified atom stereocenters. The van der Waals surface area contributed by atoms with E-state index in [0.29, 0.717) is 5.88 Å². The van der Waals surface area contributed by atoms with E-state index in [1.54, 1.807) is 0 Å². The van der Waals surface area contributed by atoms with E-state index in [0.717, 1.165) is 19.3 Å². The monoisotopic (exact) mass is 404 g/mol. The van der Waals surface area contributed by atoms with Crippen LogP contribution in [0.15, 0.2) is 11.6 Å². The molecule has 0 radical (unpaired) electrons. The van der Waals surface area contributed by atoms with Crippen molar-refractivity contribution >= 4 is 28.2 Å². The van der Waals surface area contributed by atoms with Crippen molar-refractivity contribution in [3.8, 4) is 0 Å². The summed E-state index contributed by atoms with van der Waals surface area (Å²) < 4.78 is 13.5. The summed E-state index contributed by atoms with van der Waals surface area (Å²) in [6.07, 6.45) is 5.73. The van der Waals surface area contributed by atoms with E-state index < -0.39 is 16.6 Å². The van der Waals surface area contributed by atoms with Crippen LogP contribution < -0.4 is 0 Å². The van der Waals surface area contributed by atoms with Crippen molar-refractivity contribution in [2.75, 3.05) is 5.88 Å². The Morgan fingerprint density at radius 1 is 0.880 bits per heavy atom. The molecule has 1 saturated carbocycles. The zero-order valence-electron chi connectivity index (χ0n) is 18.3. The molecule has 0 amide bonds. The Balaban J connectivity index is 2.94. The van der Waals surface area contributed by atoms with Crippen molar-refractivity contribution in [2.24, 2.45) is 0 Å². The van der Waals surface area contributed by atoms with Gasteiger partial charge in [-0.25, -0.2) is 0 Å². The Morgan fingerprint density at radius 3 is 1.52 bits per heavy atom. The summed E-state index contributed by atoms with van der Waals surface area (Å²) in [4.78, 5) is 0. The number of hydrogen-bond acceptors (Lipinski definition) is 2. The van der Waals surface area contributed by atoms with E-state index in [1.807, 2.05) is 0 Å². The Morgan fingerprint density at radius 2 is 1.24 bits per heavy atom. The highest BCUT2D eigenvalue weighted by molar-refractivity contribution is 6.74. The zero-order chi connectivity index (χ0) is 19.7. The summed E-state index contributed by atoms with van der Waals surface area (Å²) in [6.45, 7) is 23.2. The van der Waals surface area contributed by atoms with Crippen molar-refractivity contribution in [1.82, 2.24) is 0 Å². The molecule has 0 aromatic rings. The zero-order valence-corrected chi connectivity index (χ0v) is 21.0. The van der Waals surface area contributed by atoms with Gasteiger partial charge in [-0.1, -0.05) is 53.2 Å². The van der Waals surface area contributed by atoms with Crippen LogP contribution in [0.3, 0.4) is 0 Å². The van der Waals surface area contributed by atoms with Gasteiger partial charge in [-0.3, -0.25) is 0 Å².